The van der Waals surface area contributed by atoms with Crippen molar-refractivity contribution in [1.82, 2.24) is 24.4 Å². The molecular formula is C24H26FN5O3. The van der Waals surface area contributed by atoms with Crippen LogP contribution in [0.1, 0.15) is 42.2 Å². The van der Waals surface area contributed by atoms with Gasteiger partial charge in [0.2, 0.25) is 0 Å². The quantitative estimate of drug-likeness (QED) is 0.661. The van der Waals surface area contributed by atoms with Crippen molar-refractivity contribution in [1.29, 1.82) is 0 Å². The monoisotopic (exact) mass is 451 g/mol. The highest BCUT2D eigenvalue weighted by Gasteiger charge is 2.46. The number of imidazole rings is 1. The third-order valence-electron chi connectivity index (χ3n) is 6.72. The molecule has 1 aliphatic carbocycles. The lowest BCUT2D eigenvalue weighted by Gasteiger charge is -2.45. The fraction of sp³-hybridized carbons (Fsp3) is 0.417. The van der Waals surface area contributed by atoms with Crippen LogP contribution in [0.5, 0.6) is 0 Å². The minimum Gasteiger partial charge on any atom is -0.380 e. The van der Waals surface area contributed by atoms with Crippen LogP contribution in [0.2, 0.25) is 0 Å². The predicted molar refractivity (Wildman–Crippen MR) is 119 cm³/mol. The number of fused-ring (bicyclic) bond motifs is 1. The van der Waals surface area contributed by atoms with E-state index in [4.69, 9.17) is 0 Å². The molecule has 8 nitrogen and oxygen atoms in total. The Morgan fingerprint density at radius 2 is 1.91 bits per heavy atom. The lowest BCUT2D eigenvalue weighted by molar-refractivity contribution is -0.164. The zero-order valence-electron chi connectivity index (χ0n) is 18.7. The van der Waals surface area contributed by atoms with Gasteiger partial charge in [0.1, 0.15) is 17.1 Å². The number of piperazine rings is 1. The number of carbonyl (C=O) groups is 2. The van der Waals surface area contributed by atoms with Crippen LogP contribution in [0.25, 0.3) is 16.9 Å². The van der Waals surface area contributed by atoms with Crippen LogP contribution >= 0.6 is 0 Å². The molecular weight excluding hydrogens is 425 g/mol. The predicted octanol–water partition coefficient (Wildman–Crippen LogP) is 2.43. The highest BCUT2D eigenvalue weighted by molar-refractivity contribution is 5.93. The van der Waals surface area contributed by atoms with Crippen LogP contribution < -0.4 is 0 Å². The molecule has 2 fully saturated rings. The average Bonchev–Trinajstić information content (AvgIpc) is 3.22. The lowest BCUT2D eigenvalue weighted by Crippen LogP contribution is -2.62. The van der Waals surface area contributed by atoms with Crippen molar-refractivity contribution in [2.24, 2.45) is 0 Å². The van der Waals surface area contributed by atoms with Crippen molar-refractivity contribution >= 4 is 17.5 Å². The molecule has 2 aromatic heterocycles. The summed E-state index contributed by atoms with van der Waals surface area (Å²) in [6.07, 6.45) is 3.48. The number of aliphatic hydroxyl groups is 1. The summed E-state index contributed by atoms with van der Waals surface area (Å²) in [6.45, 7) is 4.92. The van der Waals surface area contributed by atoms with E-state index in [1.54, 1.807) is 32.6 Å². The van der Waals surface area contributed by atoms with Crippen LogP contribution in [-0.4, -0.2) is 72.6 Å². The number of hydrogen-bond donors (Lipinski definition) is 1. The summed E-state index contributed by atoms with van der Waals surface area (Å²) in [5.41, 5.74) is 1.91. The van der Waals surface area contributed by atoms with Crippen molar-refractivity contribution < 1.29 is 19.1 Å². The summed E-state index contributed by atoms with van der Waals surface area (Å²) in [6, 6.07) is 7.76. The first-order valence-corrected chi connectivity index (χ1v) is 11.2. The topological polar surface area (TPSA) is 91.0 Å². The molecule has 1 saturated heterocycles. The Kier molecular flexibility index (Phi) is 5.16. The van der Waals surface area contributed by atoms with Gasteiger partial charge in [-0.3, -0.25) is 9.59 Å². The van der Waals surface area contributed by atoms with Crippen LogP contribution in [0.3, 0.4) is 0 Å². The maximum absolute atomic E-state index is 13.3. The van der Waals surface area contributed by atoms with Crippen molar-refractivity contribution in [2.75, 3.05) is 19.6 Å². The summed E-state index contributed by atoms with van der Waals surface area (Å²) >= 11 is 0. The number of aromatic nitrogens is 3. The Morgan fingerprint density at radius 3 is 2.55 bits per heavy atom. The highest BCUT2D eigenvalue weighted by Crippen LogP contribution is 2.34. The number of rotatable bonds is 3. The van der Waals surface area contributed by atoms with Gasteiger partial charge in [-0.05, 0) is 69.0 Å². The van der Waals surface area contributed by atoms with Gasteiger partial charge >= 0.3 is 0 Å². The van der Waals surface area contributed by atoms with Crippen LogP contribution in [-0.2, 0) is 4.79 Å². The third kappa shape index (κ3) is 3.76. The summed E-state index contributed by atoms with van der Waals surface area (Å²) < 4.78 is 14.8. The zero-order valence-corrected chi connectivity index (χ0v) is 18.7. The van der Waals surface area contributed by atoms with E-state index in [1.807, 2.05) is 19.9 Å². The maximum atomic E-state index is 13.3. The zero-order chi connectivity index (χ0) is 23.3. The molecule has 172 valence electrons. The van der Waals surface area contributed by atoms with E-state index < -0.39 is 5.60 Å². The van der Waals surface area contributed by atoms with Crippen LogP contribution in [0, 0.1) is 12.7 Å². The van der Waals surface area contributed by atoms with Crippen molar-refractivity contribution in [3.63, 3.8) is 0 Å². The van der Waals surface area contributed by atoms with Crippen molar-refractivity contribution in [2.45, 2.75) is 44.8 Å². The number of amides is 2. The maximum Gasteiger partial charge on any atom is 0.274 e. The Balaban J connectivity index is 1.35. The Morgan fingerprint density at radius 1 is 1.18 bits per heavy atom. The van der Waals surface area contributed by atoms with E-state index in [2.05, 4.69) is 10.1 Å². The van der Waals surface area contributed by atoms with Gasteiger partial charge < -0.3 is 14.9 Å². The normalized spacial score (nSPS) is 20.1. The Labute approximate surface area is 190 Å². The first-order valence-electron chi connectivity index (χ1n) is 11.2. The average molecular weight is 452 g/mol. The number of hydrogen-bond acceptors (Lipinski definition) is 5. The molecule has 1 N–H and O–H groups in total. The molecule has 2 amide bonds. The molecule has 3 heterocycles. The van der Waals surface area contributed by atoms with Gasteiger partial charge in [0.05, 0.1) is 11.9 Å². The first kappa shape index (κ1) is 21.5. The molecule has 0 bridgehead atoms. The standard InChI is InChI=1S/C24H26FN5O3/c1-15-12-19(17-4-6-18(25)7-5-17)27-30-14-20(26-21(15)30)22(31)28-10-11-29(16(2)13-28)23(32)24(33)8-3-9-24/h4-7,12,14,16,33H,3,8-11,13H2,1-2H3/t16-/m0/s1. The molecule has 0 unspecified atom stereocenters. The van der Waals surface area contributed by atoms with Gasteiger partial charge in [-0.15, -0.1) is 0 Å². The van der Waals surface area contributed by atoms with Crippen molar-refractivity contribution in [3.05, 3.63) is 53.6 Å². The first-order chi connectivity index (χ1) is 15.7. The van der Waals surface area contributed by atoms with Gasteiger partial charge in [-0.2, -0.15) is 5.10 Å². The molecule has 33 heavy (non-hydrogen) atoms. The SMILES string of the molecule is Cc1cc(-c2ccc(F)cc2)nn2cc(C(=O)N3CCN(C(=O)C4(O)CCC4)[C@@H](C)C3)nc12. The highest BCUT2D eigenvalue weighted by atomic mass is 19.1. The second-order valence-corrected chi connectivity index (χ2v) is 9.10. The van der Waals surface area contributed by atoms with Gasteiger partial charge in [0.25, 0.3) is 11.8 Å². The fourth-order valence-electron chi connectivity index (χ4n) is 4.59. The second kappa shape index (κ2) is 7.91. The van der Waals surface area contributed by atoms with E-state index in [9.17, 15) is 19.1 Å². The molecule has 1 saturated carbocycles. The van der Waals surface area contributed by atoms with E-state index in [0.717, 1.165) is 17.5 Å². The summed E-state index contributed by atoms with van der Waals surface area (Å²) in [7, 11) is 0. The van der Waals surface area contributed by atoms with E-state index in [-0.39, 0.29) is 29.4 Å². The van der Waals surface area contributed by atoms with E-state index in [1.165, 1.54) is 12.1 Å². The molecule has 1 aromatic carbocycles. The molecule has 1 atom stereocenters. The molecule has 0 spiro atoms. The van der Waals surface area contributed by atoms with Crippen LogP contribution in [0.15, 0.2) is 36.5 Å². The van der Waals surface area contributed by atoms with Gasteiger partial charge in [0.15, 0.2) is 5.65 Å². The summed E-state index contributed by atoms with van der Waals surface area (Å²) in [4.78, 5) is 33.8. The molecule has 9 heteroatoms. The van der Waals surface area contributed by atoms with Gasteiger partial charge in [0, 0.05) is 31.2 Å². The molecule has 0 radical (unpaired) electrons. The number of nitrogens with zero attached hydrogens (tertiary/aromatic N) is 5. The largest absolute Gasteiger partial charge is 0.380 e. The number of aryl methyl sites for hydroxylation is 1. The molecule has 5 rings (SSSR count). The Hall–Kier alpha value is -3.33. The minimum atomic E-state index is -1.23. The number of benzene rings is 1. The third-order valence-corrected chi connectivity index (χ3v) is 6.72. The van der Waals surface area contributed by atoms with Crippen LogP contribution in [0.4, 0.5) is 4.39 Å². The minimum absolute atomic E-state index is 0.193. The van der Waals surface area contributed by atoms with Gasteiger partial charge in [-0.25, -0.2) is 13.9 Å². The summed E-state index contributed by atoms with van der Waals surface area (Å²) in [5, 5.41) is 15.0. The molecule has 3 aromatic rings. The second-order valence-electron chi connectivity index (χ2n) is 9.10. The lowest BCUT2D eigenvalue weighted by atomic mass is 9.79. The number of carbonyl (C=O) groups excluding carboxylic acids is 2. The fourth-order valence-corrected chi connectivity index (χ4v) is 4.59. The van der Waals surface area contributed by atoms with Crippen molar-refractivity contribution in [3.8, 4) is 11.3 Å². The number of halogens is 1. The summed E-state index contributed by atoms with van der Waals surface area (Å²) in [5.74, 6) is -0.760. The Bertz CT molecular complexity index is 1230. The molecule has 2 aliphatic rings. The molecule has 1 aliphatic heterocycles. The van der Waals surface area contributed by atoms with Gasteiger partial charge in [-0.1, -0.05) is 0 Å². The van der Waals surface area contributed by atoms with E-state index >= 15 is 0 Å². The smallest absolute Gasteiger partial charge is 0.274 e. The van der Waals surface area contributed by atoms with E-state index in [0.29, 0.717) is 43.8 Å².